The van der Waals surface area contributed by atoms with Gasteiger partial charge in [-0.25, -0.2) is 4.98 Å². The minimum atomic E-state index is -0.298. The van der Waals surface area contributed by atoms with Crippen LogP contribution in [-0.2, 0) is 0 Å². The molecular weight excluding hydrogens is 360 g/mol. The van der Waals surface area contributed by atoms with Crippen LogP contribution in [0.1, 0.15) is 5.56 Å². The number of halogens is 1. The molecule has 5 nitrogen and oxygen atoms in total. The van der Waals surface area contributed by atoms with Crippen LogP contribution in [0.4, 0.5) is 11.6 Å². The van der Waals surface area contributed by atoms with E-state index in [4.69, 9.17) is 11.6 Å². The predicted molar refractivity (Wildman–Crippen MR) is 110 cm³/mol. The van der Waals surface area contributed by atoms with Gasteiger partial charge in [-0.1, -0.05) is 72.3 Å². The fraction of sp³-hybridized carbons (Fsp3) is 0. The second kappa shape index (κ2) is 7.43. The maximum atomic E-state index is 13.0. The van der Waals surface area contributed by atoms with Crippen molar-refractivity contribution in [3.05, 3.63) is 101 Å². The Balaban J connectivity index is 1.90. The summed E-state index contributed by atoms with van der Waals surface area (Å²) in [4.78, 5) is 17.6. The summed E-state index contributed by atoms with van der Waals surface area (Å²) in [5, 5.41) is 8.15. The molecule has 0 bridgehead atoms. The number of aromatic nitrogens is 2. The van der Waals surface area contributed by atoms with E-state index in [0.717, 1.165) is 5.69 Å². The zero-order valence-electron chi connectivity index (χ0n) is 14.2. The van der Waals surface area contributed by atoms with Crippen LogP contribution in [0, 0.1) is 0 Å². The van der Waals surface area contributed by atoms with Crippen LogP contribution in [0.2, 0.25) is 0 Å². The van der Waals surface area contributed by atoms with Crippen molar-refractivity contribution in [2.75, 3.05) is 5.32 Å². The Labute approximate surface area is 160 Å². The summed E-state index contributed by atoms with van der Waals surface area (Å²) in [5.74, 6) is 0.291. The average molecular weight is 375 g/mol. The van der Waals surface area contributed by atoms with Gasteiger partial charge in [0.1, 0.15) is 0 Å². The zero-order chi connectivity index (χ0) is 18.6. The van der Waals surface area contributed by atoms with Crippen LogP contribution in [-0.4, -0.2) is 14.8 Å². The molecule has 0 amide bonds. The summed E-state index contributed by atoms with van der Waals surface area (Å²) in [6.45, 7) is 0. The number of anilines is 2. The molecule has 0 saturated heterocycles. The molecule has 0 saturated carbocycles. The number of nitrogens with zero attached hydrogens (tertiary/aromatic N) is 3. The van der Waals surface area contributed by atoms with E-state index in [1.54, 1.807) is 18.2 Å². The van der Waals surface area contributed by atoms with Crippen LogP contribution >= 0.6 is 11.6 Å². The number of para-hydroxylation sites is 2. The van der Waals surface area contributed by atoms with Crippen molar-refractivity contribution in [3.63, 3.8) is 0 Å². The van der Waals surface area contributed by atoms with Crippen molar-refractivity contribution < 1.29 is 0 Å². The molecule has 27 heavy (non-hydrogen) atoms. The lowest BCUT2D eigenvalue weighted by Gasteiger charge is -2.11. The third kappa shape index (κ3) is 3.59. The molecule has 0 atom stereocenters. The van der Waals surface area contributed by atoms with Gasteiger partial charge in [0.2, 0.25) is 5.95 Å². The molecule has 4 aromatic rings. The number of fused-ring (bicyclic) bond motifs is 1. The maximum Gasteiger partial charge on any atom is 0.283 e. The lowest BCUT2D eigenvalue weighted by Crippen LogP contribution is -2.22. The van der Waals surface area contributed by atoms with Gasteiger partial charge in [0.25, 0.3) is 5.56 Å². The van der Waals surface area contributed by atoms with Crippen molar-refractivity contribution in [2.45, 2.75) is 0 Å². The molecule has 6 heteroatoms. The molecule has 0 aliphatic rings. The molecular formula is C21H15ClN4O. The van der Waals surface area contributed by atoms with E-state index < -0.39 is 0 Å². The molecule has 3 aromatic carbocycles. The van der Waals surface area contributed by atoms with Crippen LogP contribution in [0.15, 0.2) is 94.8 Å². The summed E-state index contributed by atoms with van der Waals surface area (Å²) in [6.07, 6.45) is 0. The normalized spacial score (nSPS) is 11.5. The van der Waals surface area contributed by atoms with E-state index in [-0.39, 0.29) is 10.7 Å². The SMILES string of the molecule is O=c1c2ccccc2nc(Nc2ccccc2)n1/N=C(\Cl)c1ccccc1. The molecule has 132 valence electrons. The van der Waals surface area contributed by atoms with Gasteiger partial charge in [0, 0.05) is 11.3 Å². The van der Waals surface area contributed by atoms with Crippen molar-refractivity contribution in [3.8, 4) is 0 Å². The molecule has 1 heterocycles. The minimum Gasteiger partial charge on any atom is -0.324 e. The Morgan fingerprint density at radius 1 is 0.889 bits per heavy atom. The summed E-state index contributed by atoms with van der Waals surface area (Å²) in [6, 6.07) is 25.9. The number of hydrogen-bond acceptors (Lipinski definition) is 4. The average Bonchev–Trinajstić information content (AvgIpc) is 2.72. The number of hydrogen-bond donors (Lipinski definition) is 1. The Kier molecular flexibility index (Phi) is 4.68. The van der Waals surface area contributed by atoms with Gasteiger partial charge >= 0.3 is 0 Å². The Bertz CT molecular complexity index is 1170. The van der Waals surface area contributed by atoms with Crippen molar-refractivity contribution in [1.29, 1.82) is 0 Å². The molecule has 0 aliphatic heterocycles. The topological polar surface area (TPSA) is 59.3 Å². The first-order valence-electron chi connectivity index (χ1n) is 8.36. The summed E-state index contributed by atoms with van der Waals surface area (Å²) >= 11 is 6.37. The fourth-order valence-corrected chi connectivity index (χ4v) is 2.87. The molecule has 0 spiro atoms. The third-order valence-corrected chi connectivity index (χ3v) is 4.28. The Hall–Kier alpha value is -3.44. The number of nitrogens with one attached hydrogen (secondary N) is 1. The van der Waals surface area contributed by atoms with Crippen LogP contribution in [0.5, 0.6) is 0 Å². The van der Waals surface area contributed by atoms with Gasteiger partial charge < -0.3 is 5.32 Å². The minimum absolute atomic E-state index is 0.200. The highest BCUT2D eigenvalue weighted by atomic mass is 35.5. The standard InChI is InChI=1S/C21H15ClN4O/c22-19(15-9-3-1-4-10-15)25-26-20(27)17-13-7-8-14-18(17)24-21(26)23-16-11-5-2-6-12-16/h1-14H,(H,23,24)/b25-19-. The van der Waals surface area contributed by atoms with Gasteiger partial charge in [0.15, 0.2) is 5.17 Å². The van der Waals surface area contributed by atoms with Crippen molar-refractivity contribution >= 4 is 39.3 Å². The lowest BCUT2D eigenvalue weighted by molar-refractivity contribution is 0.829. The zero-order valence-corrected chi connectivity index (χ0v) is 15.0. The highest BCUT2D eigenvalue weighted by molar-refractivity contribution is 6.69. The predicted octanol–water partition coefficient (Wildman–Crippen LogP) is 4.59. The second-order valence-corrected chi connectivity index (χ2v) is 6.18. The van der Waals surface area contributed by atoms with E-state index in [1.165, 1.54) is 4.68 Å². The smallest absolute Gasteiger partial charge is 0.283 e. The van der Waals surface area contributed by atoms with E-state index >= 15 is 0 Å². The highest BCUT2D eigenvalue weighted by Gasteiger charge is 2.12. The summed E-state index contributed by atoms with van der Waals surface area (Å²) < 4.78 is 1.20. The van der Waals surface area contributed by atoms with Crippen LogP contribution < -0.4 is 10.9 Å². The number of rotatable bonds is 4. The van der Waals surface area contributed by atoms with Crippen LogP contribution in [0.25, 0.3) is 10.9 Å². The highest BCUT2D eigenvalue weighted by Crippen LogP contribution is 2.17. The first kappa shape index (κ1) is 17.0. The quantitative estimate of drug-likeness (QED) is 0.531. The number of benzene rings is 3. The van der Waals surface area contributed by atoms with E-state index in [2.05, 4.69) is 15.4 Å². The molecule has 0 fully saturated rings. The summed E-state index contributed by atoms with van der Waals surface area (Å²) in [7, 11) is 0. The van der Waals surface area contributed by atoms with E-state index in [1.807, 2.05) is 66.7 Å². The maximum absolute atomic E-state index is 13.0. The summed E-state index contributed by atoms with van der Waals surface area (Å²) in [5.41, 5.74) is 1.79. The van der Waals surface area contributed by atoms with E-state index in [9.17, 15) is 4.79 Å². The Morgan fingerprint density at radius 2 is 1.52 bits per heavy atom. The molecule has 4 rings (SSSR count). The largest absolute Gasteiger partial charge is 0.324 e. The van der Waals surface area contributed by atoms with Gasteiger partial charge in [-0.3, -0.25) is 4.79 Å². The molecule has 1 aromatic heterocycles. The third-order valence-electron chi connectivity index (χ3n) is 3.98. The van der Waals surface area contributed by atoms with E-state index in [0.29, 0.717) is 22.4 Å². The first-order chi connectivity index (χ1) is 13.2. The van der Waals surface area contributed by atoms with Crippen molar-refractivity contribution in [2.24, 2.45) is 5.10 Å². The van der Waals surface area contributed by atoms with Gasteiger partial charge in [0.05, 0.1) is 10.9 Å². The van der Waals surface area contributed by atoms with Gasteiger partial charge in [-0.05, 0) is 24.3 Å². The first-order valence-corrected chi connectivity index (χ1v) is 8.74. The molecule has 0 unspecified atom stereocenters. The van der Waals surface area contributed by atoms with Gasteiger partial charge in [-0.2, -0.15) is 4.68 Å². The molecule has 0 aliphatic carbocycles. The molecule has 1 N–H and O–H groups in total. The second-order valence-electron chi connectivity index (χ2n) is 5.82. The van der Waals surface area contributed by atoms with Gasteiger partial charge in [-0.15, -0.1) is 5.10 Å². The fourth-order valence-electron chi connectivity index (χ4n) is 2.67. The lowest BCUT2D eigenvalue weighted by atomic mass is 10.2. The molecule has 0 radical (unpaired) electrons. The van der Waals surface area contributed by atoms with Crippen LogP contribution in [0.3, 0.4) is 0 Å². The van der Waals surface area contributed by atoms with Crippen molar-refractivity contribution in [1.82, 2.24) is 9.66 Å². The monoisotopic (exact) mass is 374 g/mol. The Morgan fingerprint density at radius 3 is 2.26 bits per heavy atom.